The highest BCUT2D eigenvalue weighted by Crippen LogP contribution is 2.40. The predicted molar refractivity (Wildman–Crippen MR) is 78.8 cm³/mol. The molecule has 0 fully saturated rings. The maximum atomic E-state index is 6.03. The van der Waals surface area contributed by atoms with E-state index < -0.39 is 0 Å². The number of para-hydroxylation sites is 1. The molecule has 2 aliphatic rings. The summed E-state index contributed by atoms with van der Waals surface area (Å²) in [4.78, 5) is 0. The smallest absolute Gasteiger partial charge is 0.159 e. The number of hydrogen-bond acceptors (Lipinski definition) is 2. The maximum absolute atomic E-state index is 6.03. The molecule has 0 saturated carbocycles. The first kappa shape index (κ1) is 10.4. The topological polar surface area (TPSA) is 25.2 Å². The number of hydrogen-bond donors (Lipinski definition) is 1. The fourth-order valence-electron chi connectivity index (χ4n) is 2.63. The van der Waals surface area contributed by atoms with Crippen molar-refractivity contribution in [2.75, 3.05) is 5.32 Å². The quantitative estimate of drug-likeness (QED) is 0.733. The van der Waals surface area contributed by atoms with Gasteiger partial charge in [-0.3, -0.25) is 0 Å². The number of furan rings is 1. The van der Waals surface area contributed by atoms with Crippen LogP contribution in [0.4, 0.5) is 5.69 Å². The van der Waals surface area contributed by atoms with Gasteiger partial charge in [0.05, 0.1) is 5.69 Å². The van der Waals surface area contributed by atoms with Gasteiger partial charge in [0.15, 0.2) is 5.76 Å². The van der Waals surface area contributed by atoms with Crippen molar-refractivity contribution in [1.82, 2.24) is 0 Å². The van der Waals surface area contributed by atoms with Crippen LogP contribution in [0, 0.1) is 0 Å². The van der Waals surface area contributed by atoms with Gasteiger partial charge in [0.2, 0.25) is 0 Å². The van der Waals surface area contributed by atoms with Gasteiger partial charge in [-0.2, -0.15) is 0 Å². The molecule has 2 nitrogen and oxygen atoms in total. The number of allylic oxidation sites excluding steroid dienone is 7. The molecule has 2 heterocycles. The lowest BCUT2D eigenvalue weighted by Crippen LogP contribution is -1.99. The lowest BCUT2D eigenvalue weighted by Gasteiger charge is -2.13. The third kappa shape index (κ3) is 1.57. The average molecular weight is 247 g/mol. The highest BCUT2D eigenvalue weighted by atomic mass is 16.3. The van der Waals surface area contributed by atoms with E-state index in [0.29, 0.717) is 0 Å². The Morgan fingerprint density at radius 1 is 1.05 bits per heavy atom. The van der Waals surface area contributed by atoms with Crippen LogP contribution in [0.3, 0.4) is 0 Å². The molecule has 1 aromatic heterocycles. The molecule has 1 aliphatic heterocycles. The highest BCUT2D eigenvalue weighted by molar-refractivity contribution is 6.01. The first-order valence-electron chi connectivity index (χ1n) is 6.45. The summed E-state index contributed by atoms with van der Waals surface area (Å²) in [5.74, 6) is 0.943. The van der Waals surface area contributed by atoms with Crippen molar-refractivity contribution in [3.8, 4) is 0 Å². The normalized spacial score (nSPS) is 20.6. The zero-order valence-electron chi connectivity index (χ0n) is 10.4. The summed E-state index contributed by atoms with van der Waals surface area (Å²) in [7, 11) is 0. The molecule has 0 saturated heterocycles. The van der Waals surface area contributed by atoms with E-state index in [9.17, 15) is 0 Å². The van der Waals surface area contributed by atoms with Crippen molar-refractivity contribution < 1.29 is 4.42 Å². The summed E-state index contributed by atoms with van der Waals surface area (Å²) < 4.78 is 6.03. The van der Waals surface area contributed by atoms with E-state index >= 15 is 0 Å². The van der Waals surface area contributed by atoms with Gasteiger partial charge in [-0.25, -0.2) is 0 Å². The van der Waals surface area contributed by atoms with E-state index in [1.165, 1.54) is 11.1 Å². The van der Waals surface area contributed by atoms with Crippen LogP contribution in [0.5, 0.6) is 0 Å². The predicted octanol–water partition coefficient (Wildman–Crippen LogP) is 4.64. The minimum absolute atomic E-state index is 0.928. The molecule has 0 bridgehead atoms. The van der Waals surface area contributed by atoms with Crippen LogP contribution in [-0.2, 0) is 0 Å². The molecule has 2 heteroatoms. The average Bonchev–Trinajstić information content (AvgIpc) is 2.87. The van der Waals surface area contributed by atoms with E-state index in [4.69, 9.17) is 4.42 Å². The summed E-state index contributed by atoms with van der Waals surface area (Å²) in [6.07, 6.45) is 13.5. The van der Waals surface area contributed by atoms with Crippen molar-refractivity contribution in [2.45, 2.75) is 6.42 Å². The molecule has 0 atom stereocenters. The first-order valence-corrected chi connectivity index (χ1v) is 6.45. The molecule has 0 radical (unpaired) electrons. The van der Waals surface area contributed by atoms with E-state index in [1.807, 2.05) is 24.4 Å². The van der Waals surface area contributed by atoms with Crippen molar-refractivity contribution in [1.29, 1.82) is 0 Å². The monoisotopic (exact) mass is 247 g/mol. The molecular formula is C17H13NO. The lowest BCUT2D eigenvalue weighted by molar-refractivity contribution is 0.601. The minimum Gasteiger partial charge on any atom is -0.454 e. The van der Waals surface area contributed by atoms with E-state index in [1.54, 1.807) is 0 Å². The van der Waals surface area contributed by atoms with Crippen LogP contribution in [0.1, 0.15) is 12.2 Å². The van der Waals surface area contributed by atoms with Gasteiger partial charge in [0.1, 0.15) is 5.58 Å². The molecule has 1 aliphatic carbocycles. The molecule has 4 rings (SSSR count). The Labute approximate surface area is 111 Å². The molecule has 0 unspecified atom stereocenters. The fraction of sp³-hybridized carbons (Fsp3) is 0.0588. The summed E-state index contributed by atoms with van der Waals surface area (Å²) in [5.41, 5.74) is 4.46. The van der Waals surface area contributed by atoms with Crippen LogP contribution in [0.15, 0.2) is 70.8 Å². The Morgan fingerprint density at radius 2 is 2.00 bits per heavy atom. The summed E-state index contributed by atoms with van der Waals surface area (Å²) >= 11 is 0. The zero-order chi connectivity index (χ0) is 12.7. The van der Waals surface area contributed by atoms with Crippen molar-refractivity contribution >= 4 is 22.2 Å². The Kier molecular flexibility index (Phi) is 2.21. The summed E-state index contributed by atoms with van der Waals surface area (Å²) in [6, 6.07) is 8.13. The van der Waals surface area contributed by atoms with Crippen molar-refractivity contribution in [3.63, 3.8) is 0 Å². The Hall–Kier alpha value is -2.48. The molecule has 1 aromatic carbocycles. The van der Waals surface area contributed by atoms with Gasteiger partial charge in [-0.05, 0) is 30.2 Å². The Bertz CT molecular complexity index is 772. The standard InChI is InChI=1S/C17H13NO/c1-2-6-12(7-3-1)13-10-11-18-16-14-8-4-5-9-15(14)19-17(13)16/h1-6,8-11,18H,7H2. The van der Waals surface area contributed by atoms with Crippen LogP contribution in [-0.4, -0.2) is 0 Å². The SMILES string of the molecule is C1=CCC(=C2C=CNc3c2oc2ccccc32)C=C1. The van der Waals surface area contributed by atoms with Crippen LogP contribution >= 0.6 is 0 Å². The molecule has 2 aromatic rings. The molecule has 1 N–H and O–H groups in total. The summed E-state index contributed by atoms with van der Waals surface area (Å²) in [6.45, 7) is 0. The second-order valence-electron chi connectivity index (χ2n) is 4.71. The van der Waals surface area contributed by atoms with Gasteiger partial charge in [0, 0.05) is 17.2 Å². The largest absolute Gasteiger partial charge is 0.454 e. The molecule has 92 valence electrons. The number of nitrogens with one attached hydrogen (secondary N) is 1. The van der Waals surface area contributed by atoms with Gasteiger partial charge in [0.25, 0.3) is 0 Å². The second kappa shape index (κ2) is 4.02. The second-order valence-corrected chi connectivity index (χ2v) is 4.71. The van der Waals surface area contributed by atoms with Gasteiger partial charge < -0.3 is 9.73 Å². The third-order valence-electron chi connectivity index (χ3n) is 3.55. The van der Waals surface area contributed by atoms with Gasteiger partial charge in [-0.1, -0.05) is 36.4 Å². The fourth-order valence-corrected chi connectivity index (χ4v) is 2.63. The number of fused-ring (bicyclic) bond motifs is 3. The first-order chi connectivity index (χ1) is 9.43. The van der Waals surface area contributed by atoms with Crippen LogP contribution in [0.2, 0.25) is 0 Å². The van der Waals surface area contributed by atoms with Gasteiger partial charge >= 0.3 is 0 Å². The zero-order valence-corrected chi connectivity index (χ0v) is 10.4. The number of rotatable bonds is 0. The maximum Gasteiger partial charge on any atom is 0.159 e. The van der Waals surface area contributed by atoms with Crippen LogP contribution < -0.4 is 5.32 Å². The molecule has 19 heavy (non-hydrogen) atoms. The van der Waals surface area contributed by atoms with E-state index in [2.05, 4.69) is 41.8 Å². The van der Waals surface area contributed by atoms with E-state index in [0.717, 1.165) is 28.8 Å². The molecule has 0 amide bonds. The number of benzene rings is 1. The summed E-state index contributed by atoms with van der Waals surface area (Å²) in [5, 5.41) is 4.44. The van der Waals surface area contributed by atoms with E-state index in [-0.39, 0.29) is 0 Å². The Morgan fingerprint density at radius 3 is 2.89 bits per heavy atom. The molecular weight excluding hydrogens is 234 g/mol. The third-order valence-corrected chi connectivity index (χ3v) is 3.55. The molecule has 0 spiro atoms. The van der Waals surface area contributed by atoms with Crippen LogP contribution in [0.25, 0.3) is 16.5 Å². The van der Waals surface area contributed by atoms with Gasteiger partial charge in [-0.15, -0.1) is 0 Å². The Balaban J connectivity index is 1.98. The van der Waals surface area contributed by atoms with Crippen molar-refractivity contribution in [2.24, 2.45) is 0 Å². The highest BCUT2D eigenvalue weighted by Gasteiger charge is 2.20. The lowest BCUT2D eigenvalue weighted by atomic mass is 9.97. The van der Waals surface area contributed by atoms with Crippen molar-refractivity contribution in [3.05, 3.63) is 72.2 Å². The minimum atomic E-state index is 0.928. The number of anilines is 1.